The molecule has 0 aliphatic heterocycles. The molecule has 0 saturated heterocycles. The van der Waals surface area contributed by atoms with Gasteiger partial charge in [-0.25, -0.2) is 0 Å². The maximum Gasteiger partial charge on any atom is 0.198 e. The smallest absolute Gasteiger partial charge is 0.198 e. The summed E-state index contributed by atoms with van der Waals surface area (Å²) in [5.74, 6) is 1.17. The molecule has 2 atom stereocenters. The first-order valence-corrected chi connectivity index (χ1v) is 6.29. The van der Waals surface area contributed by atoms with Crippen molar-refractivity contribution in [1.29, 1.82) is 0 Å². The first-order chi connectivity index (χ1) is 7.23. The molecule has 0 aromatic heterocycles. The van der Waals surface area contributed by atoms with E-state index in [1.165, 1.54) is 0 Å². The predicted molar refractivity (Wildman–Crippen MR) is 65.1 cm³/mol. The van der Waals surface area contributed by atoms with Gasteiger partial charge in [-0.1, -0.05) is 34.6 Å². The van der Waals surface area contributed by atoms with Gasteiger partial charge < -0.3 is 0 Å². The molecule has 0 N–H and O–H groups in total. The molecular formula is C14H24O2. The van der Waals surface area contributed by atoms with Crippen molar-refractivity contribution < 1.29 is 9.59 Å². The second-order valence-corrected chi connectivity index (χ2v) is 6.49. The summed E-state index contributed by atoms with van der Waals surface area (Å²) in [5.41, 5.74) is 0.208. The molecule has 0 radical (unpaired) electrons. The van der Waals surface area contributed by atoms with Crippen molar-refractivity contribution in [2.24, 2.45) is 23.2 Å². The van der Waals surface area contributed by atoms with Crippen molar-refractivity contribution in [1.82, 2.24) is 0 Å². The third kappa shape index (κ3) is 2.93. The van der Waals surface area contributed by atoms with Gasteiger partial charge in [-0.15, -0.1) is 0 Å². The van der Waals surface area contributed by atoms with Crippen LogP contribution in [0.2, 0.25) is 0 Å². The van der Waals surface area contributed by atoms with E-state index in [-0.39, 0.29) is 17.0 Å². The lowest BCUT2D eigenvalue weighted by Crippen LogP contribution is -2.37. The van der Waals surface area contributed by atoms with Crippen LogP contribution in [0.5, 0.6) is 0 Å². The van der Waals surface area contributed by atoms with Gasteiger partial charge in [-0.3, -0.25) is 9.59 Å². The number of carbonyl (C=O) groups excluding carboxylic acids is 2. The first-order valence-electron chi connectivity index (χ1n) is 6.29. The Morgan fingerprint density at radius 3 is 2.06 bits per heavy atom. The van der Waals surface area contributed by atoms with Crippen LogP contribution in [0.25, 0.3) is 0 Å². The maximum absolute atomic E-state index is 11.5. The average molecular weight is 224 g/mol. The Morgan fingerprint density at radius 1 is 1.12 bits per heavy atom. The van der Waals surface area contributed by atoms with Crippen LogP contribution in [0.3, 0.4) is 0 Å². The lowest BCUT2D eigenvalue weighted by Gasteiger charge is -2.41. The molecule has 1 aliphatic rings. The largest absolute Gasteiger partial charge is 0.291 e. The molecule has 1 rings (SSSR count). The lowest BCUT2D eigenvalue weighted by molar-refractivity contribution is -0.140. The molecule has 0 aromatic rings. The second kappa shape index (κ2) is 4.68. The van der Waals surface area contributed by atoms with Crippen molar-refractivity contribution in [3.63, 3.8) is 0 Å². The number of ketones is 2. The summed E-state index contributed by atoms with van der Waals surface area (Å²) in [6.07, 6.45) is 1.83. The molecule has 0 spiro atoms. The molecule has 0 amide bonds. The van der Waals surface area contributed by atoms with Crippen LogP contribution in [0, 0.1) is 23.2 Å². The summed E-state index contributed by atoms with van der Waals surface area (Å²) in [6.45, 7) is 11.1. The van der Waals surface area contributed by atoms with E-state index in [0.29, 0.717) is 30.6 Å². The maximum atomic E-state index is 11.5. The molecule has 16 heavy (non-hydrogen) atoms. The summed E-state index contributed by atoms with van der Waals surface area (Å²) >= 11 is 0. The highest BCUT2D eigenvalue weighted by molar-refractivity contribution is 6.37. The normalized spacial score (nSPS) is 25.0. The highest BCUT2D eigenvalue weighted by atomic mass is 16.2. The molecule has 2 unspecified atom stereocenters. The number of hydrogen-bond donors (Lipinski definition) is 0. The van der Waals surface area contributed by atoms with Gasteiger partial charge in [0.1, 0.15) is 0 Å². The van der Waals surface area contributed by atoms with E-state index in [0.717, 1.165) is 6.42 Å². The number of rotatable bonds is 2. The number of Topliss-reactive ketones (excluding diaryl/α,β-unsaturated/α-hetero) is 2. The van der Waals surface area contributed by atoms with Gasteiger partial charge in [0.05, 0.1) is 0 Å². The van der Waals surface area contributed by atoms with Crippen LogP contribution in [0.15, 0.2) is 0 Å². The molecule has 0 heterocycles. The van der Waals surface area contributed by atoms with Gasteiger partial charge in [0.25, 0.3) is 0 Å². The summed E-state index contributed by atoms with van der Waals surface area (Å²) in [4.78, 5) is 22.7. The molecular weight excluding hydrogens is 200 g/mol. The monoisotopic (exact) mass is 224 g/mol. The van der Waals surface area contributed by atoms with Crippen molar-refractivity contribution in [3.05, 3.63) is 0 Å². The lowest BCUT2D eigenvalue weighted by atomic mass is 9.63. The summed E-state index contributed by atoms with van der Waals surface area (Å²) in [6, 6.07) is 0. The van der Waals surface area contributed by atoms with Gasteiger partial charge in [0.2, 0.25) is 0 Å². The molecule has 92 valence electrons. The van der Waals surface area contributed by atoms with E-state index < -0.39 is 0 Å². The van der Waals surface area contributed by atoms with E-state index >= 15 is 0 Å². The minimum atomic E-state index is -0.160. The van der Waals surface area contributed by atoms with E-state index in [1.54, 1.807) is 0 Å². The Morgan fingerprint density at radius 2 is 1.69 bits per heavy atom. The van der Waals surface area contributed by atoms with E-state index in [9.17, 15) is 9.59 Å². The van der Waals surface area contributed by atoms with Crippen molar-refractivity contribution in [3.8, 4) is 0 Å². The van der Waals surface area contributed by atoms with Crippen molar-refractivity contribution >= 4 is 11.6 Å². The minimum absolute atomic E-state index is 0.147. The SMILES string of the molecule is CC(C)C(C1CCC(=O)C(=O)C1)C(C)(C)C. The summed E-state index contributed by atoms with van der Waals surface area (Å²) < 4.78 is 0. The fraction of sp³-hybridized carbons (Fsp3) is 0.857. The van der Waals surface area contributed by atoms with Crippen LogP contribution in [-0.4, -0.2) is 11.6 Å². The van der Waals surface area contributed by atoms with Gasteiger partial charge >= 0.3 is 0 Å². The third-order valence-corrected chi connectivity index (χ3v) is 3.73. The fourth-order valence-corrected chi connectivity index (χ4v) is 3.47. The Bertz CT molecular complexity index is 284. The quantitative estimate of drug-likeness (QED) is 0.675. The van der Waals surface area contributed by atoms with E-state index in [2.05, 4.69) is 34.6 Å². The van der Waals surface area contributed by atoms with Gasteiger partial charge in [-0.2, -0.15) is 0 Å². The van der Waals surface area contributed by atoms with Crippen molar-refractivity contribution in [2.45, 2.75) is 53.9 Å². The van der Waals surface area contributed by atoms with Crippen molar-refractivity contribution in [2.75, 3.05) is 0 Å². The average Bonchev–Trinajstić information content (AvgIpc) is 2.08. The highest BCUT2D eigenvalue weighted by Crippen LogP contribution is 2.42. The van der Waals surface area contributed by atoms with Crippen LogP contribution in [0.1, 0.15) is 53.9 Å². The molecule has 1 saturated carbocycles. The van der Waals surface area contributed by atoms with Crippen LogP contribution in [-0.2, 0) is 9.59 Å². The first kappa shape index (κ1) is 13.4. The molecule has 2 heteroatoms. The van der Waals surface area contributed by atoms with Crippen LogP contribution < -0.4 is 0 Å². The minimum Gasteiger partial charge on any atom is -0.291 e. The Hall–Kier alpha value is -0.660. The zero-order chi connectivity index (χ0) is 12.5. The zero-order valence-electron chi connectivity index (χ0n) is 11.2. The fourth-order valence-electron chi connectivity index (χ4n) is 3.47. The van der Waals surface area contributed by atoms with Gasteiger partial charge in [0.15, 0.2) is 11.6 Å². The van der Waals surface area contributed by atoms with E-state index in [1.807, 2.05) is 0 Å². The molecule has 2 nitrogen and oxygen atoms in total. The summed E-state index contributed by atoms with van der Waals surface area (Å²) in [5, 5.41) is 0. The van der Waals surface area contributed by atoms with Crippen LogP contribution in [0.4, 0.5) is 0 Å². The number of carbonyl (C=O) groups is 2. The molecule has 0 aromatic carbocycles. The number of hydrogen-bond acceptors (Lipinski definition) is 2. The third-order valence-electron chi connectivity index (χ3n) is 3.73. The standard InChI is InChI=1S/C14H24O2/c1-9(2)13(14(3,4)5)10-6-7-11(15)12(16)8-10/h9-10,13H,6-8H2,1-5H3. The second-order valence-electron chi connectivity index (χ2n) is 6.49. The Kier molecular flexibility index (Phi) is 3.92. The zero-order valence-corrected chi connectivity index (χ0v) is 11.2. The predicted octanol–water partition coefficient (Wildman–Crippen LogP) is 3.24. The molecule has 1 aliphatic carbocycles. The van der Waals surface area contributed by atoms with Gasteiger partial charge in [-0.05, 0) is 29.6 Å². The molecule has 1 fully saturated rings. The summed E-state index contributed by atoms with van der Waals surface area (Å²) in [7, 11) is 0. The van der Waals surface area contributed by atoms with E-state index in [4.69, 9.17) is 0 Å². The van der Waals surface area contributed by atoms with Crippen LogP contribution >= 0.6 is 0 Å². The highest BCUT2D eigenvalue weighted by Gasteiger charge is 2.38. The van der Waals surface area contributed by atoms with Gasteiger partial charge in [0, 0.05) is 12.8 Å². The Balaban J connectivity index is 2.81. The topological polar surface area (TPSA) is 34.1 Å². The Labute approximate surface area is 98.8 Å². The molecule has 0 bridgehead atoms.